The average Bonchev–Trinajstić information content (AvgIpc) is 3.21. The minimum absolute atomic E-state index is 0.0282. The number of pyridine rings is 1. The van der Waals surface area contributed by atoms with E-state index >= 15 is 0 Å². The lowest BCUT2D eigenvalue weighted by Crippen LogP contribution is -2.59. The lowest BCUT2D eigenvalue weighted by atomic mass is 9.53. The van der Waals surface area contributed by atoms with Crippen molar-refractivity contribution in [3.63, 3.8) is 0 Å². The van der Waals surface area contributed by atoms with Crippen molar-refractivity contribution in [3.8, 4) is 5.75 Å². The molecular weight excluding hydrogens is 727 g/mol. The molecule has 4 saturated carbocycles. The van der Waals surface area contributed by atoms with Gasteiger partial charge in [-0.05, 0) is 137 Å². The van der Waals surface area contributed by atoms with Gasteiger partial charge in [-0.2, -0.15) is 0 Å². The lowest BCUT2D eigenvalue weighted by molar-refractivity contribution is -0.127. The number of unbranched alkanes of at least 4 members (excludes halogenated alkanes) is 11. The Hall–Kier alpha value is -2.03. The molecule has 3 saturated heterocycles. The van der Waals surface area contributed by atoms with Crippen molar-refractivity contribution >= 4 is 27.9 Å². The maximum Gasteiger partial charge on any atom is 0.220 e. The molecule has 3 unspecified atom stereocenters. The Kier molecular flexibility index (Phi) is 15.8. The first-order valence-corrected chi connectivity index (χ1v) is 25.1. The van der Waals surface area contributed by atoms with E-state index in [9.17, 15) is 9.00 Å². The Morgan fingerprint density at radius 3 is 2.14 bits per heavy atom. The van der Waals surface area contributed by atoms with E-state index in [-0.39, 0.29) is 28.8 Å². The van der Waals surface area contributed by atoms with Crippen LogP contribution >= 0.6 is 0 Å². The van der Waals surface area contributed by atoms with Crippen LogP contribution in [-0.4, -0.2) is 57.0 Å². The van der Waals surface area contributed by atoms with Crippen LogP contribution in [0.3, 0.4) is 0 Å². The molecule has 7 atom stereocenters. The summed E-state index contributed by atoms with van der Waals surface area (Å²) in [7, 11) is 1.72. The van der Waals surface area contributed by atoms with Gasteiger partial charge in [0.15, 0.2) is 11.1 Å². The number of fused-ring (bicyclic) bond motifs is 4. The predicted octanol–water partition coefficient (Wildman–Crippen LogP) is 11.8. The summed E-state index contributed by atoms with van der Waals surface area (Å²) < 4.78 is 27.4. The van der Waals surface area contributed by atoms with E-state index in [1.165, 1.54) is 96.3 Å². The molecule has 1 aromatic heterocycles. The van der Waals surface area contributed by atoms with E-state index in [1.807, 2.05) is 18.3 Å². The second kappa shape index (κ2) is 21.0. The highest BCUT2D eigenvalue weighted by Crippen LogP contribution is 2.55. The minimum Gasteiger partial charge on any atom is -0.497 e. The monoisotopic (exact) mass is 804 g/mol. The zero-order valence-corrected chi connectivity index (χ0v) is 36.8. The van der Waals surface area contributed by atoms with Crippen LogP contribution in [0.15, 0.2) is 30.5 Å². The largest absolute Gasteiger partial charge is 0.497 e. The minimum atomic E-state index is -1.42. The molecule has 9 rings (SSSR count). The number of rotatable bonds is 25. The zero-order chi connectivity index (χ0) is 39.6. The van der Waals surface area contributed by atoms with Gasteiger partial charge in [0.05, 0.1) is 17.9 Å². The van der Waals surface area contributed by atoms with E-state index < -0.39 is 11.1 Å². The van der Waals surface area contributed by atoms with Gasteiger partial charge in [0.25, 0.3) is 0 Å². The van der Waals surface area contributed by atoms with Gasteiger partial charge < -0.3 is 10.1 Å². The molecule has 7 nitrogen and oxygen atoms in total. The maximum absolute atomic E-state index is 14.7. The van der Waals surface area contributed by atoms with Crippen LogP contribution in [0.4, 0.5) is 0 Å². The molecule has 1 amide bonds. The highest BCUT2D eigenvalue weighted by Gasteiger charge is 2.51. The van der Waals surface area contributed by atoms with Crippen LogP contribution in [0, 0.1) is 29.6 Å². The van der Waals surface area contributed by atoms with Crippen LogP contribution in [0.5, 0.6) is 5.75 Å². The summed E-state index contributed by atoms with van der Waals surface area (Å²) in [5, 5.41) is 4.65. The highest BCUT2D eigenvalue weighted by atomic mass is 32.2. The maximum atomic E-state index is 14.7. The van der Waals surface area contributed by atoms with Gasteiger partial charge in [-0.25, -0.2) is 4.21 Å². The second-order valence-electron chi connectivity index (χ2n) is 19.5. The molecule has 57 heavy (non-hydrogen) atoms. The van der Waals surface area contributed by atoms with Crippen molar-refractivity contribution < 1.29 is 17.9 Å². The summed E-state index contributed by atoms with van der Waals surface area (Å²) in [4.78, 5) is 20.5. The van der Waals surface area contributed by atoms with Crippen LogP contribution in [0.2, 0.25) is 0 Å². The molecule has 7 aliphatic rings. The molecule has 3 aliphatic heterocycles. The third-order valence-corrected chi connectivity index (χ3v) is 16.7. The smallest absolute Gasteiger partial charge is 0.220 e. The molecule has 6 bridgehead atoms. The van der Waals surface area contributed by atoms with Crippen LogP contribution in [0.25, 0.3) is 10.9 Å². The zero-order valence-electron chi connectivity index (χ0n) is 36.0. The van der Waals surface area contributed by atoms with Gasteiger partial charge in [-0.3, -0.25) is 18.9 Å². The summed E-state index contributed by atoms with van der Waals surface area (Å²) in [6, 6.07) is 8.42. The Morgan fingerprint density at radius 1 is 0.877 bits per heavy atom. The van der Waals surface area contributed by atoms with Crippen LogP contribution in [-0.2, 0) is 20.1 Å². The Balaban J connectivity index is 0.954. The lowest BCUT2D eigenvalue weighted by Gasteiger charge is -2.56. The molecule has 7 fully saturated rings. The molecule has 0 radical (unpaired) electrons. The standard InChI is InChI=1S/C49H77N3O4S/c1-4-6-7-8-9-10-12-15-18-42(19-16-13-11-14-17-20-47(53)51-49-32-36-27-37(33-49)29-38(28-36)34-49)57(54)56-48(46-30-40-24-26-52(46)35-39(40)5-2)43-23-25-50-45-22-21-41(55-3)31-44(43)45/h21-23,25,31,36-40,42,46,48H,4-20,24,26-30,32-35H2,1-3H3,(H,51,53)/t36?,37?,38?,39-,40-,42?,46-,48+,49?,57?/m0/s1. The van der Waals surface area contributed by atoms with Crippen molar-refractivity contribution in [1.29, 1.82) is 0 Å². The second-order valence-corrected chi connectivity index (χ2v) is 20.9. The van der Waals surface area contributed by atoms with E-state index in [0.29, 0.717) is 12.3 Å². The number of nitrogens with one attached hydrogen (secondary N) is 1. The first-order valence-electron chi connectivity index (χ1n) is 23.9. The van der Waals surface area contributed by atoms with Crippen molar-refractivity contribution in [2.75, 3.05) is 20.2 Å². The fourth-order valence-electron chi connectivity index (χ4n) is 12.6. The summed E-state index contributed by atoms with van der Waals surface area (Å²) >= 11 is -1.42. The number of ether oxygens (including phenoxy) is 1. The molecule has 1 N–H and O–H groups in total. The van der Waals surface area contributed by atoms with Crippen molar-refractivity contribution in [1.82, 2.24) is 15.2 Å². The normalized spacial score (nSPS) is 30.4. The van der Waals surface area contributed by atoms with Gasteiger partial charge in [-0.1, -0.05) is 97.3 Å². The first kappa shape index (κ1) is 43.1. The van der Waals surface area contributed by atoms with Crippen molar-refractivity contribution in [3.05, 3.63) is 36.0 Å². The third-order valence-electron chi connectivity index (χ3n) is 15.3. The number of amides is 1. The summed E-state index contributed by atoms with van der Waals surface area (Å²) in [5.41, 5.74) is 2.14. The fourth-order valence-corrected chi connectivity index (χ4v) is 13.9. The molecule has 0 spiro atoms. The molecule has 1 aromatic carbocycles. The van der Waals surface area contributed by atoms with Gasteiger partial charge in [0, 0.05) is 36.1 Å². The van der Waals surface area contributed by atoms with Gasteiger partial charge in [-0.15, -0.1) is 0 Å². The van der Waals surface area contributed by atoms with E-state index in [2.05, 4.69) is 36.2 Å². The Bertz CT molecular complexity index is 1560. The number of piperidine rings is 3. The quantitative estimate of drug-likeness (QED) is 0.101. The number of hydrogen-bond donors (Lipinski definition) is 1. The Morgan fingerprint density at radius 2 is 1.53 bits per heavy atom. The summed E-state index contributed by atoms with van der Waals surface area (Å²) in [6.07, 6.45) is 31.2. The van der Waals surface area contributed by atoms with E-state index in [0.717, 1.165) is 117 Å². The van der Waals surface area contributed by atoms with Crippen LogP contribution in [0.1, 0.15) is 186 Å². The fraction of sp³-hybridized carbons (Fsp3) is 0.796. The number of nitrogens with zero attached hydrogens (tertiary/aromatic N) is 2. The third kappa shape index (κ3) is 11.2. The number of carbonyl (C=O) groups is 1. The van der Waals surface area contributed by atoms with E-state index in [4.69, 9.17) is 13.9 Å². The van der Waals surface area contributed by atoms with Crippen LogP contribution < -0.4 is 10.1 Å². The summed E-state index contributed by atoms with van der Waals surface area (Å²) in [6.45, 7) is 6.82. The Labute approximate surface area is 348 Å². The first-order chi connectivity index (χ1) is 27.9. The molecule has 4 heterocycles. The van der Waals surface area contributed by atoms with Crippen molar-refractivity contribution in [2.45, 2.75) is 197 Å². The molecular formula is C49H77N3O4S. The topological polar surface area (TPSA) is 80.8 Å². The average molecular weight is 804 g/mol. The predicted molar refractivity (Wildman–Crippen MR) is 235 cm³/mol. The number of methoxy groups -OCH3 is 1. The number of benzene rings is 1. The van der Waals surface area contributed by atoms with Gasteiger partial charge >= 0.3 is 0 Å². The molecule has 4 aliphatic carbocycles. The van der Waals surface area contributed by atoms with Gasteiger partial charge in [0.1, 0.15) is 11.9 Å². The molecule has 318 valence electrons. The van der Waals surface area contributed by atoms with E-state index in [1.54, 1.807) is 7.11 Å². The van der Waals surface area contributed by atoms with Crippen molar-refractivity contribution in [2.24, 2.45) is 29.6 Å². The van der Waals surface area contributed by atoms with Gasteiger partial charge in [0.2, 0.25) is 5.91 Å². The molecule has 8 heteroatoms. The number of hydrogen-bond acceptors (Lipinski definition) is 6. The number of carbonyl (C=O) groups excluding carboxylic acids is 1. The SMILES string of the molecule is CCCCCCCCCCC(CCCCCCCC(=O)NC12CC3CC(CC(C3)C1)C2)S(=O)O[C@H](c1ccnc2ccc(OC)cc12)[C@@H]1C[C@@H]2CCN1C[C@@H]2CC. The number of aromatic nitrogens is 1. The molecule has 2 aromatic rings. The summed E-state index contributed by atoms with van der Waals surface area (Å²) in [5.74, 6) is 5.10. The highest BCUT2D eigenvalue weighted by molar-refractivity contribution is 7.80.